The van der Waals surface area contributed by atoms with Crippen molar-refractivity contribution in [3.8, 4) is 0 Å². The molecule has 216 valence electrons. The number of hydrogen-bond donors (Lipinski definition) is 1. The number of hydrogen-bond acceptors (Lipinski definition) is 3. The number of ether oxygens (including phenoxy) is 2. The molecule has 3 atom stereocenters. The molecule has 0 saturated heterocycles. The van der Waals surface area contributed by atoms with Gasteiger partial charge in [-0.25, -0.2) is 0 Å². The molecule has 0 radical (unpaired) electrons. The maximum Gasteiger partial charge on any atom is 0.303 e. The number of carboxylic acids is 1. The molecule has 0 aromatic carbocycles. The lowest BCUT2D eigenvalue weighted by molar-refractivity contribution is -0.219. The van der Waals surface area contributed by atoms with Gasteiger partial charge in [-0.3, -0.25) is 4.79 Å². The molecule has 6 heteroatoms. The minimum Gasteiger partial charge on any atom is -0.481 e. The van der Waals surface area contributed by atoms with Crippen LogP contribution in [0.1, 0.15) is 168 Å². The van der Waals surface area contributed by atoms with Gasteiger partial charge in [-0.05, 0) is 32.1 Å². The Kier molecular flexibility index (Phi) is 25.2. The summed E-state index contributed by atoms with van der Waals surface area (Å²) in [5.74, 6) is -0.772. The third-order valence-electron chi connectivity index (χ3n) is 6.76. The van der Waals surface area contributed by atoms with Gasteiger partial charge in [0.2, 0.25) is 5.25 Å². The molecule has 0 aliphatic carbocycles. The van der Waals surface area contributed by atoms with Crippen molar-refractivity contribution in [3.05, 3.63) is 0 Å². The summed E-state index contributed by atoms with van der Waals surface area (Å²) in [5.41, 5.74) is -0.482. The first kappa shape index (κ1) is 36.0. The molecule has 0 amide bonds. The third kappa shape index (κ3) is 23.1. The second-order valence-electron chi connectivity index (χ2n) is 10.5. The number of aliphatic carboxylic acids is 1. The van der Waals surface area contributed by atoms with Gasteiger partial charge in [-0.1, -0.05) is 147 Å². The highest BCUT2D eigenvalue weighted by atomic mass is 35.5. The van der Waals surface area contributed by atoms with E-state index in [1.54, 1.807) is 0 Å². The predicted molar refractivity (Wildman–Crippen MR) is 155 cm³/mol. The molecule has 36 heavy (non-hydrogen) atoms. The van der Waals surface area contributed by atoms with Gasteiger partial charge in [-0.2, -0.15) is 0 Å². The summed E-state index contributed by atoms with van der Waals surface area (Å²) in [6.45, 7) is 6.37. The van der Waals surface area contributed by atoms with Crippen molar-refractivity contribution in [3.63, 3.8) is 0 Å². The average molecular weight is 554 g/mol. The summed E-state index contributed by atoms with van der Waals surface area (Å²) in [6, 6.07) is 0. The Morgan fingerprint density at radius 2 is 1.14 bits per heavy atom. The van der Waals surface area contributed by atoms with Gasteiger partial charge in [0, 0.05) is 12.8 Å². The highest BCUT2D eigenvalue weighted by Gasteiger charge is 2.34. The Bertz CT molecular complexity index is 492. The highest BCUT2D eigenvalue weighted by molar-refractivity contribution is 6.23. The molecule has 4 nitrogen and oxygen atoms in total. The van der Waals surface area contributed by atoms with E-state index < -0.39 is 16.8 Å². The molecular formula is C30H58Cl2O4. The Morgan fingerprint density at radius 3 is 1.58 bits per heavy atom. The number of carbonyl (C=O) groups is 1. The fraction of sp³-hybridized carbons (Fsp3) is 0.967. The van der Waals surface area contributed by atoms with E-state index in [2.05, 4.69) is 13.8 Å². The first-order valence-corrected chi connectivity index (χ1v) is 16.1. The first-order valence-electron chi connectivity index (χ1n) is 15.3. The molecule has 0 heterocycles. The number of carboxylic acid groups (broad SMARTS) is 1. The van der Waals surface area contributed by atoms with Crippen molar-refractivity contribution in [1.29, 1.82) is 0 Å². The molecule has 0 fully saturated rings. The van der Waals surface area contributed by atoms with Gasteiger partial charge in [-0.15, -0.1) is 0 Å². The lowest BCUT2D eigenvalue weighted by Crippen LogP contribution is -2.36. The monoisotopic (exact) mass is 552 g/mol. The number of unbranched alkanes of at least 4 members (excludes halogenated alkanes) is 14. The van der Waals surface area contributed by atoms with Crippen LogP contribution in [0.25, 0.3) is 0 Å². The van der Waals surface area contributed by atoms with Crippen LogP contribution in [-0.4, -0.2) is 28.0 Å². The summed E-state index contributed by atoms with van der Waals surface area (Å²) in [5, 5.41) is 7.79. The lowest BCUT2D eigenvalue weighted by atomic mass is 10.0. The average Bonchev–Trinajstić information content (AvgIpc) is 2.81. The van der Waals surface area contributed by atoms with Crippen LogP contribution in [0, 0.1) is 0 Å². The Balaban J connectivity index is 4.17. The van der Waals surface area contributed by atoms with Crippen molar-refractivity contribution in [1.82, 2.24) is 0 Å². The zero-order valence-electron chi connectivity index (χ0n) is 23.8. The molecule has 0 aliphatic heterocycles. The van der Waals surface area contributed by atoms with Crippen LogP contribution in [0.4, 0.5) is 0 Å². The molecule has 1 N–H and O–H groups in total. The maximum absolute atomic E-state index is 11.0. The SMILES string of the molecule is CCCCCCCCCCCCCCCCCC(CCCC(=O)O)OC(Cl)(CCC)OC(Cl)CCC. The van der Waals surface area contributed by atoms with Gasteiger partial charge in [0.05, 0.1) is 6.10 Å². The van der Waals surface area contributed by atoms with Crippen LogP contribution in [0.5, 0.6) is 0 Å². The third-order valence-corrected chi connectivity index (χ3v) is 7.43. The summed E-state index contributed by atoms with van der Waals surface area (Å²) in [7, 11) is 0. The van der Waals surface area contributed by atoms with Crippen LogP contribution in [0.2, 0.25) is 0 Å². The van der Waals surface area contributed by atoms with Crippen LogP contribution < -0.4 is 0 Å². The van der Waals surface area contributed by atoms with E-state index in [1.165, 1.54) is 89.9 Å². The Morgan fingerprint density at radius 1 is 0.667 bits per heavy atom. The fourth-order valence-corrected chi connectivity index (χ4v) is 5.49. The largest absolute Gasteiger partial charge is 0.481 e. The number of rotatable bonds is 28. The number of alkyl halides is 2. The Hall–Kier alpha value is -0.0300. The van der Waals surface area contributed by atoms with Crippen LogP contribution in [0.15, 0.2) is 0 Å². The fourth-order valence-electron chi connectivity index (χ4n) is 4.66. The summed E-state index contributed by atoms with van der Waals surface area (Å²) < 4.78 is 12.2. The quantitative estimate of drug-likeness (QED) is 0.0595. The molecule has 0 aromatic heterocycles. The first-order chi connectivity index (χ1) is 17.4. The van der Waals surface area contributed by atoms with Crippen molar-refractivity contribution in [2.75, 3.05) is 0 Å². The zero-order chi connectivity index (χ0) is 26.9. The summed E-state index contributed by atoms with van der Waals surface area (Å²) in [4.78, 5) is 11.0. The van der Waals surface area contributed by atoms with Crippen LogP contribution >= 0.6 is 23.2 Å². The molecule has 0 aromatic rings. The number of halogens is 2. The van der Waals surface area contributed by atoms with Crippen molar-refractivity contribution < 1.29 is 19.4 Å². The van der Waals surface area contributed by atoms with E-state index in [4.69, 9.17) is 37.8 Å². The maximum atomic E-state index is 11.0. The standard InChI is InChI=1S/C30H58Cl2O4/c1-4-7-8-9-10-11-12-13-14-15-16-17-18-19-20-23-27(24-21-25-29(33)34)35-30(32,26-6-3)36-28(31)22-5-2/h27-28H,4-26H2,1-3H3,(H,33,34). The molecule has 0 saturated carbocycles. The normalized spacial score (nSPS) is 15.0. The molecule has 0 spiro atoms. The smallest absolute Gasteiger partial charge is 0.303 e. The van der Waals surface area contributed by atoms with E-state index in [-0.39, 0.29) is 12.5 Å². The lowest BCUT2D eigenvalue weighted by Gasteiger charge is -2.33. The van der Waals surface area contributed by atoms with Crippen LogP contribution in [-0.2, 0) is 14.3 Å². The van der Waals surface area contributed by atoms with E-state index in [0.717, 1.165) is 25.7 Å². The summed E-state index contributed by atoms with van der Waals surface area (Å²) in [6.07, 6.45) is 25.2. The molecule has 0 aliphatic rings. The van der Waals surface area contributed by atoms with E-state index >= 15 is 0 Å². The van der Waals surface area contributed by atoms with Crippen molar-refractivity contribution in [2.24, 2.45) is 0 Å². The topological polar surface area (TPSA) is 55.8 Å². The zero-order valence-corrected chi connectivity index (χ0v) is 25.4. The minimum atomic E-state index is -1.24. The van der Waals surface area contributed by atoms with Crippen molar-refractivity contribution in [2.45, 2.75) is 185 Å². The molecule has 0 rings (SSSR count). The van der Waals surface area contributed by atoms with Crippen molar-refractivity contribution >= 4 is 29.2 Å². The molecule has 0 bridgehead atoms. The minimum absolute atomic E-state index is 0.110. The van der Waals surface area contributed by atoms with Crippen LogP contribution in [0.3, 0.4) is 0 Å². The van der Waals surface area contributed by atoms with Gasteiger partial charge in [0.1, 0.15) is 5.56 Å². The second-order valence-corrected chi connectivity index (χ2v) is 11.6. The highest BCUT2D eigenvalue weighted by Crippen LogP contribution is 2.33. The van der Waals surface area contributed by atoms with E-state index in [0.29, 0.717) is 25.7 Å². The predicted octanol–water partition coefficient (Wildman–Crippen LogP) is 11.0. The second kappa shape index (κ2) is 25.3. The van der Waals surface area contributed by atoms with Gasteiger partial charge >= 0.3 is 5.97 Å². The summed E-state index contributed by atoms with van der Waals surface area (Å²) >= 11 is 13.0. The molecular weight excluding hydrogens is 495 g/mol. The van der Waals surface area contributed by atoms with Gasteiger partial charge < -0.3 is 14.6 Å². The van der Waals surface area contributed by atoms with Gasteiger partial charge in [0.25, 0.3) is 0 Å². The van der Waals surface area contributed by atoms with E-state index in [9.17, 15) is 4.79 Å². The van der Waals surface area contributed by atoms with Gasteiger partial charge in [0.15, 0.2) is 0 Å². The Labute approximate surface area is 233 Å². The molecule has 3 unspecified atom stereocenters. The van der Waals surface area contributed by atoms with E-state index in [1.807, 2.05) is 6.92 Å².